The van der Waals surface area contributed by atoms with Crippen LogP contribution in [0.5, 0.6) is 0 Å². The lowest BCUT2D eigenvalue weighted by Gasteiger charge is -2.10. The Balaban J connectivity index is 2.61. The standard InChI is InChI=1S/C10H6ClF3N2S/c11-7-3-6(10(12,13)14)4-8(5-7)16-2-1-15-9(16)17/h1-5H,(H,15,17). The van der Waals surface area contributed by atoms with Crippen molar-refractivity contribution in [2.75, 3.05) is 0 Å². The predicted octanol–water partition coefficient (Wildman–Crippen LogP) is 4.21. The summed E-state index contributed by atoms with van der Waals surface area (Å²) in [5, 5.41) is 0.0120. The summed E-state index contributed by atoms with van der Waals surface area (Å²) >= 11 is 10.6. The molecule has 0 atom stereocenters. The number of nitrogens with zero attached hydrogens (tertiary/aromatic N) is 1. The predicted molar refractivity (Wildman–Crippen MR) is 61.0 cm³/mol. The highest BCUT2D eigenvalue weighted by atomic mass is 35.5. The van der Waals surface area contributed by atoms with Gasteiger partial charge in [0.15, 0.2) is 4.77 Å². The van der Waals surface area contributed by atoms with Crippen molar-refractivity contribution in [1.82, 2.24) is 9.55 Å². The number of halogens is 4. The van der Waals surface area contributed by atoms with Crippen LogP contribution >= 0.6 is 23.8 Å². The van der Waals surface area contributed by atoms with E-state index >= 15 is 0 Å². The van der Waals surface area contributed by atoms with E-state index in [1.54, 1.807) is 0 Å². The van der Waals surface area contributed by atoms with Crippen LogP contribution < -0.4 is 0 Å². The summed E-state index contributed by atoms with van der Waals surface area (Å²) in [7, 11) is 0. The van der Waals surface area contributed by atoms with Crippen molar-refractivity contribution in [3.8, 4) is 5.69 Å². The van der Waals surface area contributed by atoms with Gasteiger partial charge in [-0.25, -0.2) is 0 Å². The third-order valence-corrected chi connectivity index (χ3v) is 2.67. The first-order valence-electron chi connectivity index (χ1n) is 4.52. The third-order valence-electron chi connectivity index (χ3n) is 2.14. The van der Waals surface area contributed by atoms with Gasteiger partial charge in [-0.05, 0) is 30.4 Å². The van der Waals surface area contributed by atoms with Crippen molar-refractivity contribution in [1.29, 1.82) is 0 Å². The number of H-pyrrole nitrogens is 1. The molecule has 0 radical (unpaired) electrons. The Morgan fingerprint density at radius 1 is 1.24 bits per heavy atom. The first-order valence-corrected chi connectivity index (χ1v) is 5.31. The highest BCUT2D eigenvalue weighted by molar-refractivity contribution is 7.71. The molecule has 0 saturated heterocycles. The number of hydrogen-bond donors (Lipinski definition) is 1. The molecule has 1 aromatic heterocycles. The maximum Gasteiger partial charge on any atom is 0.416 e. The molecule has 2 nitrogen and oxygen atoms in total. The first-order chi connectivity index (χ1) is 7.88. The smallest absolute Gasteiger partial charge is 0.337 e. The Morgan fingerprint density at radius 3 is 2.47 bits per heavy atom. The van der Waals surface area contributed by atoms with E-state index in [1.165, 1.54) is 23.0 Å². The Bertz CT molecular complexity index is 600. The maximum absolute atomic E-state index is 12.6. The van der Waals surface area contributed by atoms with Crippen LogP contribution in [0, 0.1) is 4.77 Å². The quantitative estimate of drug-likeness (QED) is 0.775. The molecule has 0 aliphatic carbocycles. The van der Waals surface area contributed by atoms with Gasteiger partial charge in [0.05, 0.1) is 5.56 Å². The number of rotatable bonds is 1. The number of aromatic amines is 1. The van der Waals surface area contributed by atoms with Gasteiger partial charge in [0.25, 0.3) is 0 Å². The van der Waals surface area contributed by atoms with E-state index in [9.17, 15) is 13.2 Å². The topological polar surface area (TPSA) is 20.7 Å². The summed E-state index contributed by atoms with van der Waals surface area (Å²) in [5.41, 5.74) is -0.529. The van der Waals surface area contributed by atoms with E-state index < -0.39 is 11.7 Å². The highest BCUT2D eigenvalue weighted by Crippen LogP contribution is 2.32. The fraction of sp³-hybridized carbons (Fsp3) is 0.100. The molecule has 0 amide bonds. The van der Waals surface area contributed by atoms with Gasteiger partial charge in [-0.15, -0.1) is 0 Å². The normalized spacial score (nSPS) is 11.8. The minimum Gasteiger partial charge on any atom is -0.337 e. The zero-order valence-electron chi connectivity index (χ0n) is 8.25. The summed E-state index contributed by atoms with van der Waals surface area (Å²) in [6.45, 7) is 0. The van der Waals surface area contributed by atoms with Gasteiger partial charge in [-0.1, -0.05) is 11.6 Å². The Labute approximate surface area is 105 Å². The first kappa shape index (κ1) is 12.2. The molecular formula is C10H6ClF3N2S. The minimum absolute atomic E-state index is 0.0120. The molecule has 0 bridgehead atoms. The molecule has 2 aromatic rings. The molecule has 0 unspecified atom stereocenters. The van der Waals surface area contributed by atoms with Crippen molar-refractivity contribution in [2.24, 2.45) is 0 Å². The molecule has 1 N–H and O–H groups in total. The number of benzene rings is 1. The van der Waals surface area contributed by atoms with Crippen LogP contribution in [-0.2, 0) is 6.18 Å². The lowest BCUT2D eigenvalue weighted by atomic mass is 10.2. The Hall–Kier alpha value is -1.27. The maximum atomic E-state index is 12.6. The molecule has 1 aromatic carbocycles. The Kier molecular flexibility index (Phi) is 3.01. The zero-order valence-corrected chi connectivity index (χ0v) is 9.83. The fourth-order valence-electron chi connectivity index (χ4n) is 1.40. The number of alkyl halides is 3. The summed E-state index contributed by atoms with van der Waals surface area (Å²) < 4.78 is 39.5. The second kappa shape index (κ2) is 4.19. The van der Waals surface area contributed by atoms with Gasteiger partial charge in [-0.2, -0.15) is 13.2 Å². The largest absolute Gasteiger partial charge is 0.416 e. The van der Waals surface area contributed by atoms with E-state index in [0.29, 0.717) is 4.77 Å². The zero-order chi connectivity index (χ0) is 12.6. The summed E-state index contributed by atoms with van der Waals surface area (Å²) in [5.74, 6) is 0. The van der Waals surface area contributed by atoms with E-state index in [0.717, 1.165) is 12.1 Å². The van der Waals surface area contributed by atoms with Crippen molar-refractivity contribution in [3.63, 3.8) is 0 Å². The second-order valence-corrected chi connectivity index (χ2v) is 4.15. The molecule has 0 fully saturated rings. The Morgan fingerprint density at radius 2 is 1.94 bits per heavy atom. The monoisotopic (exact) mass is 278 g/mol. The molecule has 17 heavy (non-hydrogen) atoms. The minimum atomic E-state index is -4.43. The highest BCUT2D eigenvalue weighted by Gasteiger charge is 2.31. The van der Waals surface area contributed by atoms with E-state index in [1.807, 2.05) is 0 Å². The molecule has 2 rings (SSSR count). The molecular weight excluding hydrogens is 273 g/mol. The van der Waals surface area contributed by atoms with Crippen LogP contribution in [0.1, 0.15) is 5.56 Å². The number of hydrogen-bond acceptors (Lipinski definition) is 1. The lowest BCUT2D eigenvalue weighted by Crippen LogP contribution is -2.06. The van der Waals surface area contributed by atoms with Gasteiger partial charge >= 0.3 is 6.18 Å². The van der Waals surface area contributed by atoms with Crippen LogP contribution in [-0.4, -0.2) is 9.55 Å². The fourth-order valence-corrected chi connectivity index (χ4v) is 1.86. The summed E-state index contributed by atoms with van der Waals surface area (Å²) in [4.78, 5) is 2.70. The SMILES string of the molecule is FC(F)(F)c1cc(Cl)cc(-n2cc[nH]c2=S)c1. The number of nitrogens with one attached hydrogen (secondary N) is 1. The van der Waals surface area contributed by atoms with Gasteiger partial charge in [0.2, 0.25) is 0 Å². The van der Waals surface area contributed by atoms with Crippen LogP contribution in [0.2, 0.25) is 5.02 Å². The molecule has 90 valence electrons. The van der Waals surface area contributed by atoms with E-state index in [4.69, 9.17) is 23.8 Å². The second-order valence-electron chi connectivity index (χ2n) is 3.33. The molecule has 7 heteroatoms. The van der Waals surface area contributed by atoms with Crippen molar-refractivity contribution < 1.29 is 13.2 Å². The van der Waals surface area contributed by atoms with Crippen LogP contribution in [0.4, 0.5) is 13.2 Å². The summed E-state index contributed by atoms with van der Waals surface area (Å²) in [6.07, 6.45) is -1.36. The van der Waals surface area contributed by atoms with Gasteiger partial charge in [-0.3, -0.25) is 4.57 Å². The van der Waals surface area contributed by atoms with Crippen LogP contribution in [0.15, 0.2) is 30.6 Å². The number of aromatic nitrogens is 2. The van der Waals surface area contributed by atoms with Gasteiger partial charge < -0.3 is 4.98 Å². The molecule has 0 spiro atoms. The van der Waals surface area contributed by atoms with Crippen LogP contribution in [0.25, 0.3) is 5.69 Å². The average Bonchev–Trinajstić information content (AvgIpc) is 2.62. The van der Waals surface area contributed by atoms with E-state index in [-0.39, 0.29) is 10.7 Å². The summed E-state index contributed by atoms with van der Waals surface area (Å²) in [6, 6.07) is 3.29. The molecule has 0 saturated carbocycles. The number of imidazole rings is 1. The lowest BCUT2D eigenvalue weighted by molar-refractivity contribution is -0.137. The van der Waals surface area contributed by atoms with Crippen molar-refractivity contribution in [2.45, 2.75) is 6.18 Å². The molecule has 1 heterocycles. The van der Waals surface area contributed by atoms with Gasteiger partial charge in [0, 0.05) is 23.1 Å². The van der Waals surface area contributed by atoms with Crippen molar-refractivity contribution >= 4 is 23.8 Å². The van der Waals surface area contributed by atoms with Crippen LogP contribution in [0.3, 0.4) is 0 Å². The average molecular weight is 279 g/mol. The third kappa shape index (κ3) is 2.53. The molecule has 0 aliphatic heterocycles. The van der Waals surface area contributed by atoms with Crippen molar-refractivity contribution in [3.05, 3.63) is 45.9 Å². The van der Waals surface area contributed by atoms with E-state index in [2.05, 4.69) is 4.98 Å². The van der Waals surface area contributed by atoms with Gasteiger partial charge in [0.1, 0.15) is 0 Å². The molecule has 0 aliphatic rings.